The molecule has 0 unspecified atom stereocenters. The Kier molecular flexibility index (Phi) is 2.99. The Balaban J connectivity index is 2.05. The second-order valence-corrected chi connectivity index (χ2v) is 4.92. The second kappa shape index (κ2) is 4.28. The lowest BCUT2D eigenvalue weighted by molar-refractivity contribution is 0.0908. The van der Waals surface area contributed by atoms with Gasteiger partial charge >= 0.3 is 0 Å². The van der Waals surface area contributed by atoms with Gasteiger partial charge in [0, 0.05) is 11.1 Å². The molecule has 2 rings (SSSR count). The summed E-state index contributed by atoms with van der Waals surface area (Å²) in [7, 11) is 0. The Morgan fingerprint density at radius 3 is 2.38 bits per heavy atom. The maximum Gasteiger partial charge on any atom is 0.251 e. The van der Waals surface area contributed by atoms with Crippen LogP contribution in [0.15, 0.2) is 24.3 Å². The molecule has 1 amide bonds. The van der Waals surface area contributed by atoms with Gasteiger partial charge in [0.15, 0.2) is 0 Å². The van der Waals surface area contributed by atoms with Crippen LogP contribution in [0.2, 0.25) is 0 Å². The minimum absolute atomic E-state index is 0.000218. The fourth-order valence-electron chi connectivity index (χ4n) is 2.28. The zero-order chi connectivity index (χ0) is 11.6. The molecule has 0 atom stereocenters. The van der Waals surface area contributed by atoms with Gasteiger partial charge in [-0.15, -0.1) is 0 Å². The molecule has 1 saturated carbocycles. The van der Waals surface area contributed by atoms with E-state index in [2.05, 4.69) is 19.2 Å². The SMILES string of the molecule is [CH2]c1ccc(C(=O)NC2(C)CCCC2)cc1. The first-order valence-electron chi connectivity index (χ1n) is 5.84. The van der Waals surface area contributed by atoms with Crippen LogP contribution in [-0.4, -0.2) is 11.4 Å². The lowest BCUT2D eigenvalue weighted by Crippen LogP contribution is -2.43. The average Bonchev–Trinajstić information content (AvgIpc) is 2.65. The van der Waals surface area contributed by atoms with Crippen molar-refractivity contribution in [3.05, 3.63) is 42.3 Å². The molecule has 16 heavy (non-hydrogen) atoms. The first-order chi connectivity index (χ1) is 7.59. The molecule has 0 aromatic heterocycles. The van der Waals surface area contributed by atoms with Gasteiger partial charge in [-0.05, 0) is 44.4 Å². The van der Waals surface area contributed by atoms with Gasteiger partial charge in [0.2, 0.25) is 0 Å². The van der Waals surface area contributed by atoms with Gasteiger partial charge in [0.1, 0.15) is 0 Å². The largest absolute Gasteiger partial charge is 0.347 e. The number of rotatable bonds is 2. The minimum Gasteiger partial charge on any atom is -0.347 e. The van der Waals surface area contributed by atoms with Crippen molar-refractivity contribution in [1.29, 1.82) is 0 Å². The molecule has 85 valence electrons. The highest BCUT2D eigenvalue weighted by atomic mass is 16.1. The van der Waals surface area contributed by atoms with E-state index in [9.17, 15) is 4.79 Å². The summed E-state index contributed by atoms with van der Waals surface area (Å²) in [5.74, 6) is 0.0319. The molecule has 0 bridgehead atoms. The highest BCUT2D eigenvalue weighted by Crippen LogP contribution is 2.29. The first-order valence-corrected chi connectivity index (χ1v) is 5.84. The normalized spacial score (nSPS) is 18.4. The van der Waals surface area contributed by atoms with Gasteiger partial charge in [0.25, 0.3) is 5.91 Å². The van der Waals surface area contributed by atoms with Crippen molar-refractivity contribution in [2.45, 2.75) is 38.1 Å². The Hall–Kier alpha value is -1.31. The Bertz CT molecular complexity index is 374. The number of carbonyl (C=O) groups excluding carboxylic acids is 1. The topological polar surface area (TPSA) is 29.1 Å². The summed E-state index contributed by atoms with van der Waals surface area (Å²) in [6.45, 7) is 5.94. The number of nitrogens with one attached hydrogen (secondary N) is 1. The Morgan fingerprint density at radius 1 is 1.25 bits per heavy atom. The van der Waals surface area contributed by atoms with E-state index in [0.29, 0.717) is 0 Å². The maximum atomic E-state index is 12.0. The fraction of sp³-hybridized carbons (Fsp3) is 0.429. The molecule has 1 N–H and O–H groups in total. The number of benzene rings is 1. The first kappa shape index (κ1) is 11.2. The van der Waals surface area contributed by atoms with Gasteiger partial charge in [-0.3, -0.25) is 4.79 Å². The zero-order valence-corrected chi connectivity index (χ0v) is 9.75. The van der Waals surface area contributed by atoms with Crippen molar-refractivity contribution in [1.82, 2.24) is 5.32 Å². The molecule has 2 nitrogen and oxygen atoms in total. The van der Waals surface area contributed by atoms with Crippen LogP contribution in [0.5, 0.6) is 0 Å². The van der Waals surface area contributed by atoms with E-state index in [1.165, 1.54) is 12.8 Å². The molecule has 1 aromatic carbocycles. The van der Waals surface area contributed by atoms with Gasteiger partial charge in [-0.2, -0.15) is 0 Å². The monoisotopic (exact) mass is 216 g/mol. The summed E-state index contributed by atoms with van der Waals surface area (Å²) in [5, 5.41) is 3.13. The zero-order valence-electron chi connectivity index (χ0n) is 9.75. The van der Waals surface area contributed by atoms with Crippen LogP contribution < -0.4 is 5.32 Å². The van der Waals surface area contributed by atoms with Crippen molar-refractivity contribution in [2.75, 3.05) is 0 Å². The van der Waals surface area contributed by atoms with E-state index < -0.39 is 0 Å². The number of amides is 1. The van der Waals surface area contributed by atoms with Crippen molar-refractivity contribution < 1.29 is 4.79 Å². The Labute approximate surface area is 97.1 Å². The highest BCUT2D eigenvalue weighted by molar-refractivity contribution is 5.94. The van der Waals surface area contributed by atoms with Crippen molar-refractivity contribution >= 4 is 5.91 Å². The number of carbonyl (C=O) groups is 1. The molecule has 1 fully saturated rings. The van der Waals surface area contributed by atoms with Crippen molar-refractivity contribution in [3.63, 3.8) is 0 Å². The molecule has 0 aliphatic heterocycles. The summed E-state index contributed by atoms with van der Waals surface area (Å²) in [4.78, 5) is 12.0. The minimum atomic E-state index is 0.000218. The molecule has 0 spiro atoms. The van der Waals surface area contributed by atoms with Crippen LogP contribution in [0.1, 0.15) is 48.5 Å². The molecular weight excluding hydrogens is 198 g/mol. The Morgan fingerprint density at radius 2 is 1.81 bits per heavy atom. The van der Waals surface area contributed by atoms with E-state index in [0.717, 1.165) is 24.0 Å². The molecule has 1 aliphatic rings. The van der Waals surface area contributed by atoms with Crippen molar-refractivity contribution in [3.8, 4) is 0 Å². The summed E-state index contributed by atoms with van der Waals surface area (Å²) >= 11 is 0. The van der Waals surface area contributed by atoms with E-state index in [-0.39, 0.29) is 11.4 Å². The van der Waals surface area contributed by atoms with Crippen LogP contribution in [0.25, 0.3) is 0 Å². The van der Waals surface area contributed by atoms with Crippen LogP contribution >= 0.6 is 0 Å². The average molecular weight is 216 g/mol. The standard InChI is InChI=1S/C14H18NO/c1-11-5-7-12(8-6-11)13(16)15-14(2)9-3-4-10-14/h5-8H,1,3-4,9-10H2,2H3,(H,15,16). The molecule has 1 aromatic rings. The van der Waals surface area contributed by atoms with Gasteiger partial charge in [0.05, 0.1) is 0 Å². The van der Waals surface area contributed by atoms with Gasteiger partial charge in [-0.1, -0.05) is 25.0 Å². The van der Waals surface area contributed by atoms with Crippen LogP contribution in [0.3, 0.4) is 0 Å². The van der Waals surface area contributed by atoms with Crippen molar-refractivity contribution in [2.24, 2.45) is 0 Å². The number of hydrogen-bond donors (Lipinski definition) is 1. The fourth-order valence-corrected chi connectivity index (χ4v) is 2.28. The summed E-state index contributed by atoms with van der Waals surface area (Å²) in [5.41, 5.74) is 1.66. The second-order valence-electron chi connectivity index (χ2n) is 4.92. The highest BCUT2D eigenvalue weighted by Gasteiger charge is 2.30. The van der Waals surface area contributed by atoms with Gasteiger partial charge < -0.3 is 5.32 Å². The molecule has 1 radical (unpaired) electrons. The lowest BCUT2D eigenvalue weighted by Gasteiger charge is -2.25. The third kappa shape index (κ3) is 2.43. The van der Waals surface area contributed by atoms with Crippen LogP contribution in [-0.2, 0) is 0 Å². The lowest BCUT2D eigenvalue weighted by atomic mass is 10.00. The van der Waals surface area contributed by atoms with E-state index in [1.54, 1.807) is 0 Å². The quantitative estimate of drug-likeness (QED) is 0.809. The third-order valence-electron chi connectivity index (χ3n) is 3.34. The summed E-state index contributed by atoms with van der Waals surface area (Å²) in [6, 6.07) is 7.39. The summed E-state index contributed by atoms with van der Waals surface area (Å²) < 4.78 is 0. The van der Waals surface area contributed by atoms with E-state index in [1.807, 2.05) is 24.3 Å². The van der Waals surface area contributed by atoms with E-state index >= 15 is 0 Å². The van der Waals surface area contributed by atoms with Crippen LogP contribution in [0.4, 0.5) is 0 Å². The molecular formula is C14H18NO. The third-order valence-corrected chi connectivity index (χ3v) is 3.34. The molecule has 1 aliphatic carbocycles. The molecule has 0 saturated heterocycles. The predicted octanol–water partition coefficient (Wildman–Crippen LogP) is 2.93. The summed E-state index contributed by atoms with van der Waals surface area (Å²) in [6.07, 6.45) is 4.61. The molecule has 2 heteroatoms. The van der Waals surface area contributed by atoms with Crippen LogP contribution in [0, 0.1) is 6.92 Å². The predicted molar refractivity (Wildman–Crippen MR) is 65.2 cm³/mol. The smallest absolute Gasteiger partial charge is 0.251 e. The molecule has 0 heterocycles. The maximum absolute atomic E-state index is 12.0. The van der Waals surface area contributed by atoms with Gasteiger partial charge in [-0.25, -0.2) is 0 Å². The number of hydrogen-bond acceptors (Lipinski definition) is 1. The van der Waals surface area contributed by atoms with E-state index in [4.69, 9.17) is 0 Å².